The molecule has 0 amide bonds. The van der Waals surface area contributed by atoms with Gasteiger partial charge in [-0.05, 0) is 80.0 Å². The summed E-state index contributed by atoms with van der Waals surface area (Å²) in [4.78, 5) is 2.82. The number of phenols is 1. The Morgan fingerprint density at radius 2 is 1.76 bits per heavy atom. The average molecular weight is 342 g/mol. The van der Waals surface area contributed by atoms with Crippen LogP contribution < -0.4 is 0 Å². The van der Waals surface area contributed by atoms with Gasteiger partial charge in [-0.25, -0.2) is 0 Å². The monoisotopic (exact) mass is 341 g/mol. The van der Waals surface area contributed by atoms with Gasteiger partial charge in [-0.15, -0.1) is 0 Å². The van der Waals surface area contributed by atoms with Gasteiger partial charge in [0.1, 0.15) is 5.75 Å². The summed E-state index contributed by atoms with van der Waals surface area (Å²) in [6.07, 6.45) is 15.3. The maximum absolute atomic E-state index is 10.1. The van der Waals surface area contributed by atoms with Crippen molar-refractivity contribution in [2.75, 3.05) is 19.6 Å². The summed E-state index contributed by atoms with van der Waals surface area (Å²) in [7, 11) is 0. The molecule has 0 bridgehead atoms. The Morgan fingerprint density at radius 3 is 2.60 bits per heavy atom. The van der Waals surface area contributed by atoms with Crippen molar-refractivity contribution in [1.82, 2.24) is 4.90 Å². The van der Waals surface area contributed by atoms with Crippen LogP contribution in [0.15, 0.2) is 24.3 Å². The Morgan fingerprint density at radius 1 is 0.960 bits per heavy atom. The van der Waals surface area contributed by atoms with Crippen LogP contribution in [0, 0.1) is 11.8 Å². The minimum absolute atomic E-state index is 0.318. The predicted octanol–water partition coefficient (Wildman–Crippen LogP) is 5.50. The van der Waals surface area contributed by atoms with Crippen LogP contribution in [-0.4, -0.2) is 29.6 Å². The van der Waals surface area contributed by atoms with Crippen LogP contribution in [0.4, 0.5) is 0 Å². The second kappa shape index (κ2) is 7.70. The molecule has 0 radical (unpaired) electrons. The molecule has 0 spiro atoms. The topological polar surface area (TPSA) is 23.5 Å². The van der Waals surface area contributed by atoms with Crippen molar-refractivity contribution in [3.8, 4) is 5.75 Å². The summed E-state index contributed by atoms with van der Waals surface area (Å²) in [5.74, 6) is 2.17. The number of hydrogen-bond acceptors (Lipinski definition) is 2. The second-order valence-corrected chi connectivity index (χ2v) is 9.02. The van der Waals surface area contributed by atoms with Gasteiger partial charge < -0.3 is 10.0 Å². The van der Waals surface area contributed by atoms with Gasteiger partial charge in [-0.1, -0.05) is 44.2 Å². The molecule has 2 heteroatoms. The van der Waals surface area contributed by atoms with Crippen LogP contribution in [0.1, 0.15) is 76.2 Å². The minimum atomic E-state index is 0.318. The number of phenolic OH excluding ortho intramolecular Hbond substituents is 1. The summed E-state index contributed by atoms with van der Waals surface area (Å²) >= 11 is 0. The van der Waals surface area contributed by atoms with Crippen LogP contribution in [0.2, 0.25) is 0 Å². The zero-order chi connectivity index (χ0) is 17.1. The molecule has 1 aromatic rings. The third kappa shape index (κ3) is 3.74. The molecule has 138 valence electrons. The highest BCUT2D eigenvalue weighted by Gasteiger charge is 2.44. The fourth-order valence-electron chi connectivity index (χ4n) is 6.17. The minimum Gasteiger partial charge on any atom is -0.508 e. The van der Waals surface area contributed by atoms with E-state index in [1.54, 1.807) is 0 Å². The zero-order valence-corrected chi connectivity index (χ0v) is 15.8. The highest BCUT2D eigenvalue weighted by molar-refractivity contribution is 5.34. The number of likely N-dealkylation sites (tertiary alicyclic amines) is 1. The van der Waals surface area contributed by atoms with E-state index in [4.69, 9.17) is 0 Å². The van der Waals surface area contributed by atoms with Crippen molar-refractivity contribution >= 4 is 0 Å². The van der Waals surface area contributed by atoms with Crippen molar-refractivity contribution in [1.29, 1.82) is 0 Å². The van der Waals surface area contributed by atoms with Crippen LogP contribution in [-0.2, 0) is 5.41 Å². The SMILES string of the molecule is Oc1cccc([C@@]23CCCC[C@H]2CN(CC2CCCCC2)CCC3)c1. The Labute approximate surface area is 153 Å². The van der Waals surface area contributed by atoms with Gasteiger partial charge in [-0.2, -0.15) is 0 Å². The second-order valence-electron chi connectivity index (χ2n) is 9.02. The number of benzene rings is 1. The van der Waals surface area contributed by atoms with Gasteiger partial charge in [0.05, 0.1) is 0 Å². The molecule has 3 fully saturated rings. The molecule has 2 atom stereocenters. The first kappa shape index (κ1) is 17.4. The molecule has 2 saturated carbocycles. The van der Waals surface area contributed by atoms with Gasteiger partial charge in [-0.3, -0.25) is 0 Å². The van der Waals surface area contributed by atoms with E-state index in [0.717, 1.165) is 11.8 Å². The van der Waals surface area contributed by atoms with Gasteiger partial charge >= 0.3 is 0 Å². The zero-order valence-electron chi connectivity index (χ0n) is 15.8. The van der Waals surface area contributed by atoms with E-state index in [0.29, 0.717) is 11.2 Å². The van der Waals surface area contributed by atoms with Crippen molar-refractivity contribution in [2.24, 2.45) is 11.8 Å². The first-order valence-corrected chi connectivity index (χ1v) is 10.8. The summed E-state index contributed by atoms with van der Waals surface area (Å²) in [6, 6.07) is 8.23. The largest absolute Gasteiger partial charge is 0.508 e. The molecule has 1 saturated heterocycles. The first-order chi connectivity index (χ1) is 12.3. The maximum Gasteiger partial charge on any atom is 0.115 e. The molecule has 2 aliphatic carbocycles. The highest BCUT2D eigenvalue weighted by Crippen LogP contribution is 2.49. The van der Waals surface area contributed by atoms with Crippen LogP contribution in [0.3, 0.4) is 0 Å². The number of hydrogen-bond donors (Lipinski definition) is 1. The van der Waals surface area contributed by atoms with E-state index < -0.39 is 0 Å². The molecule has 1 aliphatic heterocycles. The first-order valence-electron chi connectivity index (χ1n) is 10.8. The lowest BCUT2D eigenvalue weighted by molar-refractivity contribution is 0.130. The van der Waals surface area contributed by atoms with Crippen molar-refractivity contribution in [2.45, 2.75) is 76.0 Å². The van der Waals surface area contributed by atoms with Gasteiger partial charge in [0.15, 0.2) is 0 Å². The van der Waals surface area contributed by atoms with Crippen LogP contribution in [0.5, 0.6) is 5.75 Å². The Balaban J connectivity index is 1.53. The fourth-order valence-corrected chi connectivity index (χ4v) is 6.17. The molecule has 1 N–H and O–H groups in total. The van der Waals surface area contributed by atoms with E-state index in [9.17, 15) is 5.11 Å². The molecular weight excluding hydrogens is 306 g/mol. The fraction of sp³-hybridized carbons (Fsp3) is 0.739. The van der Waals surface area contributed by atoms with Gasteiger partial charge in [0.2, 0.25) is 0 Å². The third-order valence-corrected chi connectivity index (χ3v) is 7.44. The highest BCUT2D eigenvalue weighted by atomic mass is 16.3. The van der Waals surface area contributed by atoms with E-state index in [1.807, 2.05) is 6.07 Å². The Hall–Kier alpha value is -1.02. The smallest absolute Gasteiger partial charge is 0.115 e. The molecule has 25 heavy (non-hydrogen) atoms. The molecule has 2 nitrogen and oxygen atoms in total. The quantitative estimate of drug-likeness (QED) is 0.785. The Kier molecular flexibility index (Phi) is 5.36. The van der Waals surface area contributed by atoms with Gasteiger partial charge in [0.25, 0.3) is 0 Å². The molecule has 1 aromatic carbocycles. The van der Waals surface area contributed by atoms with E-state index in [2.05, 4.69) is 23.1 Å². The van der Waals surface area contributed by atoms with Crippen molar-refractivity contribution < 1.29 is 5.11 Å². The molecule has 3 aliphatic rings. The molecule has 0 aromatic heterocycles. The van der Waals surface area contributed by atoms with Crippen LogP contribution in [0.25, 0.3) is 0 Å². The Bertz CT molecular complexity index is 565. The molecular formula is C23H35NO. The summed E-state index contributed by atoms with van der Waals surface area (Å²) in [5.41, 5.74) is 1.73. The predicted molar refractivity (Wildman–Crippen MR) is 104 cm³/mol. The normalized spacial score (nSPS) is 32.1. The van der Waals surface area contributed by atoms with Crippen molar-refractivity contribution in [3.05, 3.63) is 29.8 Å². The number of fused-ring (bicyclic) bond motifs is 1. The number of nitrogens with zero attached hydrogens (tertiary/aromatic N) is 1. The van der Waals surface area contributed by atoms with E-state index in [1.165, 1.54) is 95.8 Å². The lowest BCUT2D eigenvalue weighted by Crippen LogP contribution is -2.43. The molecule has 0 unspecified atom stereocenters. The van der Waals surface area contributed by atoms with Gasteiger partial charge in [0, 0.05) is 13.1 Å². The lowest BCUT2D eigenvalue weighted by atomic mass is 9.61. The van der Waals surface area contributed by atoms with E-state index in [-0.39, 0.29) is 0 Å². The average Bonchev–Trinajstić information content (AvgIpc) is 2.82. The summed E-state index contributed by atoms with van der Waals surface area (Å²) < 4.78 is 0. The molecule has 1 heterocycles. The maximum atomic E-state index is 10.1. The summed E-state index contributed by atoms with van der Waals surface area (Å²) in [5, 5.41) is 10.1. The van der Waals surface area contributed by atoms with Crippen LogP contribution >= 0.6 is 0 Å². The number of rotatable bonds is 3. The van der Waals surface area contributed by atoms with E-state index >= 15 is 0 Å². The molecule has 4 rings (SSSR count). The van der Waals surface area contributed by atoms with Crippen molar-refractivity contribution in [3.63, 3.8) is 0 Å². The third-order valence-electron chi connectivity index (χ3n) is 7.44. The number of aromatic hydroxyl groups is 1. The summed E-state index contributed by atoms with van der Waals surface area (Å²) in [6.45, 7) is 3.91. The standard InChI is InChI=1S/C23H35NO/c25-22-12-6-11-20(16-22)23-13-5-4-10-21(23)18-24(15-7-14-23)17-19-8-2-1-3-9-19/h6,11-12,16,19,21,25H,1-5,7-10,13-15,17-18H2/t21-,23-/m0/s1. The lowest BCUT2D eigenvalue weighted by Gasteiger charge is -2.45.